The fourth-order valence-electron chi connectivity index (χ4n) is 1.88. The number of hydrazine groups is 1. The molecule has 0 radical (unpaired) electrons. The zero-order chi connectivity index (χ0) is 14.3. The maximum Gasteiger partial charge on any atom is 0.241 e. The van der Waals surface area contributed by atoms with E-state index in [0.717, 1.165) is 25.2 Å². The summed E-state index contributed by atoms with van der Waals surface area (Å²) in [6, 6.07) is 8.10. The van der Waals surface area contributed by atoms with Crippen LogP contribution in [0.25, 0.3) is 0 Å². The summed E-state index contributed by atoms with van der Waals surface area (Å²) in [5.41, 5.74) is 4.39. The minimum absolute atomic E-state index is 0.168. The maximum absolute atomic E-state index is 11.4. The third-order valence-electron chi connectivity index (χ3n) is 3.21. The van der Waals surface area contributed by atoms with Gasteiger partial charge in [0.15, 0.2) is 0 Å². The zero-order valence-electron chi connectivity index (χ0n) is 11.9. The van der Waals surface area contributed by atoms with E-state index in [9.17, 15) is 4.79 Å². The van der Waals surface area contributed by atoms with Crippen LogP contribution in [-0.4, -0.2) is 38.0 Å². The fraction of sp³-hybridized carbons (Fsp3) is 0.500. The molecule has 1 amide bonds. The van der Waals surface area contributed by atoms with Gasteiger partial charge in [0.2, 0.25) is 5.91 Å². The Morgan fingerprint density at radius 2 is 2.00 bits per heavy atom. The summed E-state index contributed by atoms with van der Waals surface area (Å²) < 4.78 is 0. The fourth-order valence-corrected chi connectivity index (χ4v) is 1.88. The van der Waals surface area contributed by atoms with E-state index in [1.54, 1.807) is 0 Å². The molecule has 0 saturated carbocycles. The Kier molecular flexibility index (Phi) is 6.49. The highest BCUT2D eigenvalue weighted by atomic mass is 16.2. The number of nitrogens with two attached hydrogens (primary N) is 1. The molecule has 1 aromatic rings. The van der Waals surface area contributed by atoms with Crippen molar-refractivity contribution >= 4 is 5.91 Å². The van der Waals surface area contributed by atoms with Crippen LogP contribution >= 0.6 is 0 Å². The second kappa shape index (κ2) is 7.89. The van der Waals surface area contributed by atoms with Gasteiger partial charge in [-0.2, -0.15) is 0 Å². The number of carbonyl (C=O) groups is 1. The smallest absolute Gasteiger partial charge is 0.241 e. The first-order chi connectivity index (χ1) is 9.08. The summed E-state index contributed by atoms with van der Waals surface area (Å²) in [6.45, 7) is 4.72. The monoisotopic (exact) mass is 264 g/mol. The molecule has 0 heterocycles. The van der Waals surface area contributed by atoms with Crippen LogP contribution in [0.5, 0.6) is 0 Å². The van der Waals surface area contributed by atoms with Crippen molar-refractivity contribution in [2.75, 3.05) is 27.2 Å². The molecule has 0 aromatic heterocycles. The summed E-state index contributed by atoms with van der Waals surface area (Å²) in [6.07, 6.45) is 0. The summed E-state index contributed by atoms with van der Waals surface area (Å²) in [5.74, 6) is 4.75. The number of benzene rings is 1. The Labute approximate surface area is 115 Å². The van der Waals surface area contributed by atoms with Crippen molar-refractivity contribution in [1.29, 1.82) is 0 Å². The largest absolute Gasteiger partial charge is 0.318 e. The van der Waals surface area contributed by atoms with Crippen molar-refractivity contribution < 1.29 is 4.79 Å². The second-order valence-corrected chi connectivity index (χ2v) is 4.81. The van der Waals surface area contributed by atoms with Crippen LogP contribution in [0, 0.1) is 0 Å². The van der Waals surface area contributed by atoms with E-state index in [1.807, 2.05) is 26.1 Å². The lowest BCUT2D eigenvalue weighted by Gasteiger charge is -2.17. The Bertz CT molecular complexity index is 391. The minimum atomic E-state index is -0.221. The molecular weight excluding hydrogens is 240 g/mol. The molecule has 0 aliphatic rings. The minimum Gasteiger partial charge on any atom is -0.318 e. The molecule has 0 aliphatic carbocycles. The van der Waals surface area contributed by atoms with Gasteiger partial charge < -0.3 is 10.2 Å². The van der Waals surface area contributed by atoms with Crippen molar-refractivity contribution in [3.8, 4) is 0 Å². The van der Waals surface area contributed by atoms with Crippen LogP contribution in [0.4, 0.5) is 0 Å². The van der Waals surface area contributed by atoms with Crippen LogP contribution in [0.1, 0.15) is 24.0 Å². The average Bonchev–Trinajstić information content (AvgIpc) is 2.44. The third-order valence-corrected chi connectivity index (χ3v) is 3.21. The summed E-state index contributed by atoms with van der Waals surface area (Å²) in [5, 5.41) is 3.13. The lowest BCUT2D eigenvalue weighted by atomic mass is 9.99. The van der Waals surface area contributed by atoms with Gasteiger partial charge in [-0.05, 0) is 32.1 Å². The first-order valence-electron chi connectivity index (χ1n) is 6.51. The molecule has 0 bridgehead atoms. The van der Waals surface area contributed by atoms with Crippen molar-refractivity contribution in [3.05, 3.63) is 35.4 Å². The van der Waals surface area contributed by atoms with E-state index in [4.69, 9.17) is 5.84 Å². The zero-order valence-corrected chi connectivity index (χ0v) is 11.9. The molecule has 1 unspecified atom stereocenters. The molecule has 1 aromatic carbocycles. The van der Waals surface area contributed by atoms with Crippen LogP contribution < -0.4 is 16.6 Å². The van der Waals surface area contributed by atoms with Gasteiger partial charge in [-0.15, -0.1) is 0 Å². The molecular formula is C14H24N4O. The summed E-state index contributed by atoms with van der Waals surface area (Å²) >= 11 is 0. The molecule has 0 fully saturated rings. The van der Waals surface area contributed by atoms with E-state index in [1.165, 1.54) is 5.56 Å². The predicted molar refractivity (Wildman–Crippen MR) is 77.4 cm³/mol. The lowest BCUT2D eigenvalue weighted by Crippen LogP contribution is -2.33. The normalized spacial score (nSPS) is 12.5. The van der Waals surface area contributed by atoms with Gasteiger partial charge in [-0.1, -0.05) is 24.3 Å². The molecule has 0 saturated heterocycles. The Hall–Kier alpha value is -1.43. The van der Waals surface area contributed by atoms with E-state index in [0.29, 0.717) is 0 Å². The highest BCUT2D eigenvalue weighted by Crippen LogP contribution is 2.16. The number of hydrogen-bond donors (Lipinski definition) is 3. The van der Waals surface area contributed by atoms with Gasteiger partial charge in [0.1, 0.15) is 0 Å². The van der Waals surface area contributed by atoms with Gasteiger partial charge >= 0.3 is 0 Å². The molecule has 1 rings (SSSR count). The average molecular weight is 264 g/mol. The maximum atomic E-state index is 11.4. The quantitative estimate of drug-likeness (QED) is 0.379. The number of amides is 1. The Morgan fingerprint density at radius 3 is 2.53 bits per heavy atom. The number of nitrogens with one attached hydrogen (secondary N) is 2. The molecule has 0 aliphatic heterocycles. The van der Waals surface area contributed by atoms with Crippen LogP contribution in [0.3, 0.4) is 0 Å². The number of hydrogen-bond acceptors (Lipinski definition) is 4. The highest BCUT2D eigenvalue weighted by Gasteiger charge is 2.13. The number of likely N-dealkylation sites (N-methyl/N-ethyl adjacent to an activating group) is 2. The standard InChI is InChI=1S/C14H24N4O/c1-11(14(19)17-15)13-6-4-12(5-7-13)10-18(3)9-8-16-2/h4-7,11,16H,8-10,15H2,1-3H3,(H,17,19). The van der Waals surface area contributed by atoms with Crippen LogP contribution in [0.2, 0.25) is 0 Å². The lowest BCUT2D eigenvalue weighted by molar-refractivity contribution is -0.122. The Morgan fingerprint density at radius 1 is 1.37 bits per heavy atom. The molecule has 106 valence electrons. The molecule has 1 atom stereocenters. The van der Waals surface area contributed by atoms with Gasteiger partial charge in [0.25, 0.3) is 0 Å². The molecule has 0 spiro atoms. The predicted octanol–water partition coefficient (Wildman–Crippen LogP) is 0.431. The van der Waals surface area contributed by atoms with Crippen molar-refractivity contribution in [1.82, 2.24) is 15.6 Å². The molecule has 5 nitrogen and oxygen atoms in total. The summed E-state index contributed by atoms with van der Waals surface area (Å²) in [7, 11) is 4.04. The topological polar surface area (TPSA) is 70.4 Å². The second-order valence-electron chi connectivity index (χ2n) is 4.81. The first-order valence-corrected chi connectivity index (χ1v) is 6.51. The number of rotatable bonds is 7. The van der Waals surface area contributed by atoms with Gasteiger partial charge in [0.05, 0.1) is 5.92 Å². The van der Waals surface area contributed by atoms with Crippen molar-refractivity contribution in [3.63, 3.8) is 0 Å². The van der Waals surface area contributed by atoms with Crippen molar-refractivity contribution in [2.45, 2.75) is 19.4 Å². The van der Waals surface area contributed by atoms with Crippen molar-refractivity contribution in [2.24, 2.45) is 5.84 Å². The first kappa shape index (κ1) is 15.6. The molecule has 4 N–H and O–H groups in total. The Balaban J connectivity index is 2.58. The number of nitrogens with zero attached hydrogens (tertiary/aromatic N) is 1. The SMILES string of the molecule is CNCCN(C)Cc1ccc(C(C)C(=O)NN)cc1. The summed E-state index contributed by atoms with van der Waals surface area (Å²) in [4.78, 5) is 13.7. The highest BCUT2D eigenvalue weighted by molar-refractivity contribution is 5.82. The van der Waals surface area contributed by atoms with Gasteiger partial charge in [-0.25, -0.2) is 5.84 Å². The van der Waals surface area contributed by atoms with E-state index in [-0.39, 0.29) is 11.8 Å². The molecule has 5 heteroatoms. The van der Waals surface area contributed by atoms with Gasteiger partial charge in [0, 0.05) is 19.6 Å². The van der Waals surface area contributed by atoms with E-state index >= 15 is 0 Å². The van der Waals surface area contributed by atoms with Gasteiger partial charge in [-0.3, -0.25) is 10.2 Å². The van der Waals surface area contributed by atoms with Crippen LogP contribution in [0.15, 0.2) is 24.3 Å². The number of carbonyl (C=O) groups excluding carboxylic acids is 1. The third kappa shape index (κ3) is 4.98. The van der Waals surface area contributed by atoms with E-state index < -0.39 is 0 Å². The van der Waals surface area contributed by atoms with E-state index in [2.05, 4.69) is 34.8 Å². The molecule has 19 heavy (non-hydrogen) atoms. The van der Waals surface area contributed by atoms with Crippen LogP contribution in [-0.2, 0) is 11.3 Å².